The highest BCUT2D eigenvalue weighted by molar-refractivity contribution is 7.89. The Morgan fingerprint density at radius 2 is 1.88 bits per heavy atom. The fourth-order valence-electron chi connectivity index (χ4n) is 4.07. The highest BCUT2D eigenvalue weighted by Gasteiger charge is 2.33. The number of carbonyl (C=O) groups is 1. The van der Waals surface area contributed by atoms with E-state index in [1.165, 1.54) is 0 Å². The monoisotopic (exact) mass is 478 g/mol. The van der Waals surface area contributed by atoms with Crippen LogP contribution in [-0.4, -0.2) is 45.9 Å². The molecule has 1 aliphatic carbocycles. The van der Waals surface area contributed by atoms with E-state index in [1.807, 2.05) is 39.0 Å². The Morgan fingerprint density at radius 1 is 1.15 bits per heavy atom. The SMILES string of the molecule is CCC#CCOc1ccc(C2CCCCC2NC(=O)[C@@H](NS(=O)(=O)CC)C(C)C)cc1OC. The molecular formula is C25H38N2O5S. The third kappa shape index (κ3) is 7.94. The van der Waals surface area contributed by atoms with Crippen molar-refractivity contribution >= 4 is 15.9 Å². The summed E-state index contributed by atoms with van der Waals surface area (Å²) >= 11 is 0. The molecule has 3 atom stereocenters. The van der Waals surface area contributed by atoms with Crippen LogP contribution in [0.25, 0.3) is 0 Å². The summed E-state index contributed by atoms with van der Waals surface area (Å²) in [5.74, 6) is 6.82. The Labute approximate surface area is 199 Å². The number of methoxy groups -OCH3 is 1. The van der Waals surface area contributed by atoms with Crippen molar-refractivity contribution in [1.29, 1.82) is 0 Å². The van der Waals surface area contributed by atoms with E-state index in [4.69, 9.17) is 9.47 Å². The summed E-state index contributed by atoms with van der Waals surface area (Å²) in [5.41, 5.74) is 1.07. The first kappa shape index (κ1) is 27.0. The zero-order valence-corrected chi connectivity index (χ0v) is 21.3. The van der Waals surface area contributed by atoms with Crippen molar-refractivity contribution in [3.63, 3.8) is 0 Å². The zero-order chi connectivity index (χ0) is 24.4. The standard InChI is InChI=1S/C25H38N2O5S/c1-6-8-11-16-32-22-15-14-19(17-23(22)31-5)20-12-9-10-13-21(20)26-25(28)24(18(3)4)27-33(29,30)7-2/h14-15,17-18,20-21,24,27H,6-7,9-10,12-13,16H2,1-5H3,(H,26,28)/t20?,21?,24-/m0/s1. The van der Waals surface area contributed by atoms with E-state index >= 15 is 0 Å². The van der Waals surface area contributed by atoms with Crippen LogP contribution >= 0.6 is 0 Å². The Morgan fingerprint density at radius 3 is 2.52 bits per heavy atom. The van der Waals surface area contributed by atoms with E-state index in [-0.39, 0.29) is 29.5 Å². The van der Waals surface area contributed by atoms with Crippen molar-refractivity contribution in [2.45, 2.75) is 77.8 Å². The normalized spacial score (nSPS) is 19.3. The van der Waals surface area contributed by atoms with Gasteiger partial charge in [-0.15, -0.1) is 5.92 Å². The molecule has 1 aromatic rings. The maximum absolute atomic E-state index is 13.1. The van der Waals surface area contributed by atoms with Crippen molar-refractivity contribution in [2.24, 2.45) is 5.92 Å². The number of amides is 1. The van der Waals surface area contributed by atoms with Crippen LogP contribution in [0.2, 0.25) is 0 Å². The first-order valence-electron chi connectivity index (χ1n) is 11.8. The van der Waals surface area contributed by atoms with Gasteiger partial charge in [-0.1, -0.05) is 45.6 Å². The minimum atomic E-state index is -3.49. The highest BCUT2D eigenvalue weighted by atomic mass is 32.2. The molecule has 0 radical (unpaired) electrons. The predicted molar refractivity (Wildman–Crippen MR) is 131 cm³/mol. The van der Waals surface area contributed by atoms with Crippen molar-refractivity contribution in [3.8, 4) is 23.3 Å². The number of ether oxygens (including phenoxy) is 2. The van der Waals surface area contributed by atoms with Crippen molar-refractivity contribution in [2.75, 3.05) is 19.5 Å². The Balaban J connectivity index is 2.19. The van der Waals surface area contributed by atoms with Crippen LogP contribution in [0.1, 0.15) is 71.3 Å². The molecule has 1 amide bonds. The smallest absolute Gasteiger partial charge is 0.238 e. The van der Waals surface area contributed by atoms with Crippen LogP contribution in [0.3, 0.4) is 0 Å². The first-order chi connectivity index (χ1) is 15.7. The topological polar surface area (TPSA) is 93.7 Å². The quantitative estimate of drug-likeness (QED) is 0.501. The summed E-state index contributed by atoms with van der Waals surface area (Å²) in [4.78, 5) is 13.1. The Bertz CT molecular complexity index is 949. The zero-order valence-electron chi connectivity index (χ0n) is 20.4. The van der Waals surface area contributed by atoms with Crippen LogP contribution in [0, 0.1) is 17.8 Å². The molecule has 1 fully saturated rings. The summed E-state index contributed by atoms with van der Waals surface area (Å²) < 4.78 is 38.0. The van der Waals surface area contributed by atoms with Gasteiger partial charge >= 0.3 is 0 Å². The average molecular weight is 479 g/mol. The number of benzene rings is 1. The van der Waals surface area contributed by atoms with Crippen molar-refractivity contribution in [1.82, 2.24) is 10.0 Å². The van der Waals surface area contributed by atoms with Gasteiger partial charge < -0.3 is 14.8 Å². The molecule has 0 heterocycles. The molecule has 8 heteroatoms. The van der Waals surface area contributed by atoms with E-state index in [0.29, 0.717) is 18.1 Å². The lowest BCUT2D eigenvalue weighted by molar-refractivity contribution is -0.124. The molecule has 0 aromatic heterocycles. The molecule has 0 saturated heterocycles. The van der Waals surface area contributed by atoms with E-state index in [9.17, 15) is 13.2 Å². The average Bonchev–Trinajstić information content (AvgIpc) is 2.80. The molecule has 1 saturated carbocycles. The molecular weight excluding hydrogens is 440 g/mol. The van der Waals surface area contributed by atoms with Gasteiger partial charge in [0.05, 0.1) is 12.9 Å². The van der Waals surface area contributed by atoms with Gasteiger partial charge in [0.2, 0.25) is 15.9 Å². The third-order valence-corrected chi connectivity index (χ3v) is 7.32. The number of hydrogen-bond acceptors (Lipinski definition) is 5. The number of hydrogen-bond donors (Lipinski definition) is 2. The van der Waals surface area contributed by atoms with Gasteiger partial charge in [0.15, 0.2) is 11.5 Å². The molecule has 2 rings (SSSR count). The molecule has 7 nitrogen and oxygen atoms in total. The number of nitrogens with one attached hydrogen (secondary N) is 2. The molecule has 1 aromatic carbocycles. The van der Waals surface area contributed by atoms with Crippen LogP contribution in [0.5, 0.6) is 11.5 Å². The van der Waals surface area contributed by atoms with Crippen LogP contribution in [0.15, 0.2) is 18.2 Å². The summed E-state index contributed by atoms with van der Waals surface area (Å²) in [6, 6.07) is 5.00. The van der Waals surface area contributed by atoms with Crippen LogP contribution in [0.4, 0.5) is 0 Å². The largest absolute Gasteiger partial charge is 0.493 e. The maximum Gasteiger partial charge on any atom is 0.238 e. The number of rotatable bonds is 10. The van der Waals surface area contributed by atoms with E-state index in [2.05, 4.69) is 21.9 Å². The number of carbonyl (C=O) groups excluding carboxylic acids is 1. The lowest BCUT2D eigenvalue weighted by Crippen LogP contribution is -2.53. The van der Waals surface area contributed by atoms with Gasteiger partial charge in [-0.3, -0.25) is 4.79 Å². The Hall–Kier alpha value is -2.24. The molecule has 0 bridgehead atoms. The lowest BCUT2D eigenvalue weighted by atomic mass is 9.79. The second-order valence-corrected chi connectivity index (χ2v) is 10.7. The fourth-order valence-corrected chi connectivity index (χ4v) is 5.00. The van der Waals surface area contributed by atoms with Gasteiger partial charge in [-0.25, -0.2) is 13.1 Å². The third-order valence-electron chi connectivity index (χ3n) is 5.95. The lowest BCUT2D eigenvalue weighted by Gasteiger charge is -2.34. The second kappa shape index (κ2) is 12.9. The van der Waals surface area contributed by atoms with Gasteiger partial charge in [-0.2, -0.15) is 0 Å². The summed E-state index contributed by atoms with van der Waals surface area (Å²) in [7, 11) is -1.88. The van der Waals surface area contributed by atoms with E-state index in [0.717, 1.165) is 37.7 Å². The second-order valence-electron chi connectivity index (χ2n) is 8.66. The molecule has 2 unspecified atom stereocenters. The van der Waals surface area contributed by atoms with Crippen molar-refractivity contribution in [3.05, 3.63) is 23.8 Å². The van der Waals surface area contributed by atoms with Crippen LogP contribution < -0.4 is 19.5 Å². The summed E-state index contributed by atoms with van der Waals surface area (Å²) in [6.45, 7) is 7.54. The van der Waals surface area contributed by atoms with Gasteiger partial charge in [0, 0.05) is 18.4 Å². The molecule has 184 valence electrons. The van der Waals surface area contributed by atoms with Gasteiger partial charge in [0.25, 0.3) is 0 Å². The minimum absolute atomic E-state index is 0.0617. The van der Waals surface area contributed by atoms with E-state index in [1.54, 1.807) is 14.0 Å². The number of sulfonamides is 1. The molecule has 1 aliphatic rings. The van der Waals surface area contributed by atoms with Crippen molar-refractivity contribution < 1.29 is 22.7 Å². The minimum Gasteiger partial charge on any atom is -0.493 e. The molecule has 2 N–H and O–H groups in total. The first-order valence-corrected chi connectivity index (χ1v) is 13.4. The molecule has 0 spiro atoms. The van der Waals surface area contributed by atoms with Crippen LogP contribution in [-0.2, 0) is 14.8 Å². The Kier molecular flexibility index (Phi) is 10.5. The summed E-state index contributed by atoms with van der Waals surface area (Å²) in [5, 5.41) is 3.14. The molecule has 33 heavy (non-hydrogen) atoms. The predicted octanol–water partition coefficient (Wildman–Crippen LogP) is 3.59. The fraction of sp³-hybridized carbons (Fsp3) is 0.640. The maximum atomic E-state index is 13.1. The molecule has 0 aliphatic heterocycles. The summed E-state index contributed by atoms with van der Waals surface area (Å²) in [6.07, 6.45) is 4.65. The highest BCUT2D eigenvalue weighted by Crippen LogP contribution is 2.37. The van der Waals surface area contributed by atoms with Gasteiger partial charge in [-0.05, 0) is 43.4 Å². The van der Waals surface area contributed by atoms with E-state index < -0.39 is 16.1 Å². The van der Waals surface area contributed by atoms with Gasteiger partial charge in [0.1, 0.15) is 12.6 Å².